The van der Waals surface area contributed by atoms with Gasteiger partial charge in [-0.3, -0.25) is 9.48 Å². The molecule has 3 N–H and O–H groups in total. The van der Waals surface area contributed by atoms with Crippen LogP contribution in [0.4, 0.5) is 14.7 Å². The van der Waals surface area contributed by atoms with Crippen LogP contribution in [0.3, 0.4) is 0 Å². The van der Waals surface area contributed by atoms with Gasteiger partial charge in [0, 0.05) is 31.8 Å². The number of nitrogens with two attached hydrogens (primary N) is 1. The molecule has 0 unspecified atom stereocenters. The highest BCUT2D eigenvalue weighted by atomic mass is 19.1. The fourth-order valence-corrected chi connectivity index (χ4v) is 3.90. The minimum Gasteiger partial charge on any atom is -0.389 e. The highest BCUT2D eigenvalue weighted by molar-refractivity contribution is 5.93. The van der Waals surface area contributed by atoms with E-state index in [2.05, 4.69) is 20.2 Å². The molecule has 0 aliphatic rings. The predicted octanol–water partition coefficient (Wildman–Crippen LogP) is 2.59. The highest BCUT2D eigenvalue weighted by Gasteiger charge is 2.22. The number of nitrogen functional groups attached to an aromatic ring is 1. The molecule has 0 radical (unpaired) electrons. The van der Waals surface area contributed by atoms with Crippen molar-refractivity contribution in [3.63, 3.8) is 0 Å². The second-order valence-electron chi connectivity index (χ2n) is 9.39. The van der Waals surface area contributed by atoms with Crippen LogP contribution >= 0.6 is 0 Å². The van der Waals surface area contributed by atoms with E-state index in [4.69, 9.17) is 5.73 Å². The summed E-state index contributed by atoms with van der Waals surface area (Å²) in [6, 6.07) is 3.45. The van der Waals surface area contributed by atoms with Crippen molar-refractivity contribution in [1.82, 2.24) is 34.3 Å². The first kappa shape index (κ1) is 24.5. The molecule has 0 fully saturated rings. The van der Waals surface area contributed by atoms with Crippen LogP contribution in [0, 0.1) is 11.6 Å². The van der Waals surface area contributed by atoms with Gasteiger partial charge in [0.25, 0.3) is 5.91 Å². The van der Waals surface area contributed by atoms with Crippen LogP contribution in [0.25, 0.3) is 16.6 Å². The Balaban J connectivity index is 1.41. The number of aliphatic hydroxyl groups is 1. The van der Waals surface area contributed by atoms with Crippen LogP contribution in [-0.4, -0.2) is 64.0 Å². The van der Waals surface area contributed by atoms with E-state index in [9.17, 15) is 18.7 Å². The molecule has 1 amide bonds. The van der Waals surface area contributed by atoms with Crippen molar-refractivity contribution in [2.24, 2.45) is 0 Å². The van der Waals surface area contributed by atoms with Crippen molar-refractivity contribution in [2.45, 2.75) is 58.2 Å². The first-order chi connectivity index (χ1) is 16.4. The van der Waals surface area contributed by atoms with Gasteiger partial charge in [-0.15, -0.1) is 5.10 Å². The lowest BCUT2D eigenvalue weighted by Crippen LogP contribution is -2.35. The number of hydrogen-bond acceptors (Lipinski definition) is 7. The Kier molecular flexibility index (Phi) is 6.41. The van der Waals surface area contributed by atoms with Crippen LogP contribution in [-0.2, 0) is 13.0 Å². The quantitative estimate of drug-likeness (QED) is 0.392. The van der Waals surface area contributed by atoms with Gasteiger partial charge in [-0.2, -0.15) is 9.61 Å². The van der Waals surface area contributed by atoms with Crippen molar-refractivity contribution >= 4 is 28.4 Å². The summed E-state index contributed by atoms with van der Waals surface area (Å²) < 4.78 is 30.7. The number of fused-ring (bicyclic) bond motifs is 3. The van der Waals surface area contributed by atoms with Gasteiger partial charge in [-0.05, 0) is 45.7 Å². The average Bonchev–Trinajstić information content (AvgIpc) is 3.40. The van der Waals surface area contributed by atoms with Crippen LogP contribution in [0.2, 0.25) is 0 Å². The molecule has 1 atom stereocenters. The zero-order chi connectivity index (χ0) is 25.5. The van der Waals surface area contributed by atoms with Gasteiger partial charge in [0.15, 0.2) is 17.3 Å². The average molecular weight is 487 g/mol. The van der Waals surface area contributed by atoms with E-state index < -0.39 is 17.2 Å². The number of anilines is 1. The van der Waals surface area contributed by atoms with Gasteiger partial charge in [0.05, 0.1) is 17.5 Å². The van der Waals surface area contributed by atoms with Crippen LogP contribution in [0.5, 0.6) is 0 Å². The van der Waals surface area contributed by atoms with Gasteiger partial charge >= 0.3 is 0 Å². The van der Waals surface area contributed by atoms with Crippen molar-refractivity contribution in [2.75, 3.05) is 12.8 Å². The second kappa shape index (κ2) is 9.17. The van der Waals surface area contributed by atoms with Crippen molar-refractivity contribution < 1.29 is 18.7 Å². The van der Waals surface area contributed by atoms with Gasteiger partial charge in [-0.25, -0.2) is 18.7 Å². The standard InChI is InChI=1S/C23H28F2N8O2/c1-13(31(4)21(34)17-8-9-32(29-17)12-23(2,3)35)6-5-7-18-27-20-15-10-14(24)11-16(25)19(15)28-22(26)33(20)30-18/h8-11,13,35H,5-7,12H2,1-4H3,(H2,26,28)/t13-/m0/s1. The molecule has 12 heteroatoms. The Hall–Kier alpha value is -3.67. The molecule has 4 rings (SSSR count). The third kappa shape index (κ3) is 5.21. The number of hydrogen-bond donors (Lipinski definition) is 2. The number of halogens is 2. The van der Waals surface area contributed by atoms with E-state index in [0.29, 0.717) is 30.8 Å². The fraction of sp³-hybridized carbons (Fsp3) is 0.435. The normalized spacial score (nSPS) is 13.0. The van der Waals surface area contributed by atoms with Gasteiger partial charge in [-0.1, -0.05) is 0 Å². The maximum absolute atomic E-state index is 14.1. The van der Waals surface area contributed by atoms with Gasteiger partial charge in [0.1, 0.15) is 17.0 Å². The zero-order valence-electron chi connectivity index (χ0n) is 20.0. The van der Waals surface area contributed by atoms with E-state index >= 15 is 0 Å². The van der Waals surface area contributed by atoms with Crippen molar-refractivity contribution in [3.8, 4) is 0 Å². The topological polar surface area (TPSA) is 127 Å². The molecule has 0 aliphatic carbocycles. The summed E-state index contributed by atoms with van der Waals surface area (Å²) in [6.07, 6.45) is 3.48. The number of benzene rings is 1. The van der Waals surface area contributed by atoms with E-state index in [1.54, 1.807) is 42.7 Å². The molecule has 186 valence electrons. The molecule has 10 nitrogen and oxygen atoms in total. The molecule has 0 aliphatic heterocycles. The Morgan fingerprint density at radius 1 is 1.26 bits per heavy atom. The number of aromatic nitrogens is 6. The van der Waals surface area contributed by atoms with E-state index in [1.165, 1.54) is 4.52 Å². The summed E-state index contributed by atoms with van der Waals surface area (Å²) in [4.78, 5) is 22.8. The molecule has 0 saturated carbocycles. The summed E-state index contributed by atoms with van der Waals surface area (Å²) in [7, 11) is 1.72. The molecular weight excluding hydrogens is 458 g/mol. The minimum absolute atomic E-state index is 0.0421. The number of carbonyl (C=O) groups excluding carboxylic acids is 1. The molecular formula is C23H28F2N8O2. The van der Waals surface area contributed by atoms with Crippen LogP contribution in [0.15, 0.2) is 24.4 Å². The third-order valence-electron chi connectivity index (χ3n) is 5.78. The second-order valence-corrected chi connectivity index (χ2v) is 9.39. The number of nitrogens with zero attached hydrogens (tertiary/aromatic N) is 7. The minimum atomic E-state index is -0.938. The molecule has 4 aromatic rings. The Morgan fingerprint density at radius 2 is 2.00 bits per heavy atom. The lowest BCUT2D eigenvalue weighted by molar-refractivity contribution is 0.0568. The number of amides is 1. The van der Waals surface area contributed by atoms with E-state index in [0.717, 1.165) is 12.1 Å². The van der Waals surface area contributed by atoms with Crippen LogP contribution < -0.4 is 5.73 Å². The Bertz CT molecular complexity index is 1390. The maximum atomic E-state index is 14.1. The fourth-order valence-electron chi connectivity index (χ4n) is 3.90. The van der Waals surface area contributed by atoms with E-state index in [1.807, 2.05) is 6.92 Å². The molecule has 1 aromatic carbocycles. The zero-order valence-corrected chi connectivity index (χ0v) is 20.0. The highest BCUT2D eigenvalue weighted by Crippen LogP contribution is 2.24. The predicted molar refractivity (Wildman–Crippen MR) is 126 cm³/mol. The van der Waals surface area contributed by atoms with Gasteiger partial charge < -0.3 is 15.7 Å². The number of carbonyl (C=O) groups is 1. The summed E-state index contributed by atoms with van der Waals surface area (Å²) in [5.74, 6) is -1.35. The molecule has 0 bridgehead atoms. The third-order valence-corrected chi connectivity index (χ3v) is 5.78. The summed E-state index contributed by atoms with van der Waals surface area (Å²) in [5, 5.41) is 18.7. The van der Waals surface area contributed by atoms with Crippen molar-refractivity contribution in [1.29, 1.82) is 0 Å². The van der Waals surface area contributed by atoms with Gasteiger partial charge in [0.2, 0.25) is 5.95 Å². The van der Waals surface area contributed by atoms with E-state index in [-0.39, 0.29) is 41.0 Å². The lowest BCUT2D eigenvalue weighted by atomic mass is 10.1. The summed E-state index contributed by atoms with van der Waals surface area (Å²) in [5.41, 5.74) is 5.45. The first-order valence-electron chi connectivity index (χ1n) is 11.3. The SMILES string of the molecule is C[C@@H](CCCc1nc2c3cc(F)cc(F)c3nc(N)n2n1)N(C)C(=O)c1ccn(CC(C)(C)O)n1. The summed E-state index contributed by atoms with van der Waals surface area (Å²) >= 11 is 0. The maximum Gasteiger partial charge on any atom is 0.274 e. The number of rotatable bonds is 8. The Labute approximate surface area is 200 Å². The largest absolute Gasteiger partial charge is 0.389 e. The molecule has 3 aromatic heterocycles. The lowest BCUT2D eigenvalue weighted by Gasteiger charge is -2.24. The van der Waals surface area contributed by atoms with Crippen LogP contribution in [0.1, 0.15) is 49.9 Å². The number of aryl methyl sites for hydroxylation is 1. The molecule has 0 spiro atoms. The molecule has 3 heterocycles. The molecule has 0 saturated heterocycles. The monoisotopic (exact) mass is 486 g/mol. The summed E-state index contributed by atoms with van der Waals surface area (Å²) in [6.45, 7) is 5.56. The first-order valence-corrected chi connectivity index (χ1v) is 11.3. The smallest absolute Gasteiger partial charge is 0.274 e. The van der Waals surface area contributed by atoms with Crippen molar-refractivity contribution in [3.05, 3.63) is 47.5 Å². The Morgan fingerprint density at radius 3 is 2.71 bits per heavy atom. The molecule has 35 heavy (non-hydrogen) atoms.